The number of hydrogen-bond acceptors (Lipinski definition) is 6. The first-order valence-corrected chi connectivity index (χ1v) is 12.0. The number of alkyl halides is 3. The van der Waals surface area contributed by atoms with E-state index in [4.69, 9.17) is 4.98 Å². The molecule has 3 aliphatic rings. The number of urea groups is 1. The van der Waals surface area contributed by atoms with E-state index < -0.39 is 23.9 Å². The van der Waals surface area contributed by atoms with Crippen LogP contribution in [0.4, 0.5) is 45.5 Å². The van der Waals surface area contributed by atoms with Crippen LogP contribution in [0.2, 0.25) is 0 Å². The predicted molar refractivity (Wildman–Crippen MR) is 130 cm³/mol. The Labute approximate surface area is 209 Å². The van der Waals surface area contributed by atoms with E-state index in [0.717, 1.165) is 24.8 Å². The van der Waals surface area contributed by atoms with Gasteiger partial charge in [0.2, 0.25) is 0 Å². The van der Waals surface area contributed by atoms with Crippen LogP contribution < -0.4 is 20.0 Å². The lowest BCUT2D eigenvalue weighted by atomic mass is 10.1. The van der Waals surface area contributed by atoms with Crippen LogP contribution in [0.3, 0.4) is 0 Å². The second-order valence-electron chi connectivity index (χ2n) is 9.47. The number of halogens is 4. The van der Waals surface area contributed by atoms with Gasteiger partial charge in [-0.25, -0.2) is 24.1 Å². The lowest BCUT2D eigenvalue weighted by Crippen LogP contribution is -2.48. The molecule has 192 valence electrons. The van der Waals surface area contributed by atoms with E-state index >= 15 is 0 Å². The highest BCUT2D eigenvalue weighted by molar-refractivity contribution is 6.04. The summed E-state index contributed by atoms with van der Waals surface area (Å²) >= 11 is 0. The summed E-state index contributed by atoms with van der Waals surface area (Å²) in [5.74, 6) is -0.691. The van der Waals surface area contributed by atoms with Crippen LogP contribution in [0.1, 0.15) is 12.8 Å². The molecule has 0 radical (unpaired) electrons. The molecule has 0 saturated carbocycles. The molecule has 6 heterocycles. The zero-order valence-corrected chi connectivity index (χ0v) is 19.6. The molecule has 2 unspecified atom stereocenters. The van der Waals surface area contributed by atoms with Gasteiger partial charge in [-0.2, -0.15) is 13.2 Å². The first kappa shape index (κ1) is 23.4. The molecule has 3 aliphatic heterocycles. The van der Waals surface area contributed by atoms with Gasteiger partial charge in [-0.1, -0.05) is 0 Å². The smallest absolute Gasteiger partial charge is 0.366 e. The van der Waals surface area contributed by atoms with Crippen molar-refractivity contribution in [2.75, 3.05) is 46.2 Å². The van der Waals surface area contributed by atoms with E-state index in [1.54, 1.807) is 28.1 Å². The van der Waals surface area contributed by atoms with Gasteiger partial charge in [-0.05, 0) is 49.2 Å². The number of hydrogen-bond donors (Lipinski definition) is 1. The molecule has 8 nitrogen and oxygen atoms in total. The van der Waals surface area contributed by atoms with Crippen LogP contribution in [-0.2, 0) is 0 Å². The van der Waals surface area contributed by atoms with Gasteiger partial charge < -0.3 is 9.80 Å². The van der Waals surface area contributed by atoms with Crippen LogP contribution in [-0.4, -0.2) is 59.4 Å². The molecule has 0 spiro atoms. The minimum Gasteiger partial charge on any atom is -0.366 e. The fourth-order valence-corrected chi connectivity index (χ4v) is 5.24. The zero-order valence-electron chi connectivity index (χ0n) is 19.6. The normalized spacial score (nSPS) is 20.8. The Balaban J connectivity index is 1.30. The number of carbonyl (C=O) groups excluding carboxylic acids is 1. The maximum absolute atomic E-state index is 13.3. The number of amides is 2. The second-order valence-corrected chi connectivity index (χ2v) is 9.47. The van der Waals surface area contributed by atoms with E-state index in [0.29, 0.717) is 29.4 Å². The summed E-state index contributed by atoms with van der Waals surface area (Å²) in [7, 11) is 0. The topological polar surface area (TPSA) is 77.5 Å². The van der Waals surface area contributed by atoms with Crippen molar-refractivity contribution in [2.24, 2.45) is 5.92 Å². The highest BCUT2D eigenvalue weighted by Crippen LogP contribution is 2.41. The van der Waals surface area contributed by atoms with Gasteiger partial charge in [0.05, 0.1) is 29.5 Å². The first-order chi connectivity index (χ1) is 17.8. The summed E-state index contributed by atoms with van der Waals surface area (Å²) in [4.78, 5) is 31.8. The molecule has 1 N–H and O–H groups in total. The summed E-state index contributed by atoms with van der Waals surface area (Å²) < 4.78 is 52.7. The second kappa shape index (κ2) is 8.86. The third-order valence-electron chi connectivity index (χ3n) is 7.15. The third-order valence-corrected chi connectivity index (χ3v) is 7.15. The fraction of sp³-hybridized carbons (Fsp3) is 0.360. The van der Waals surface area contributed by atoms with E-state index in [1.807, 2.05) is 12.1 Å². The van der Waals surface area contributed by atoms with E-state index in [1.165, 1.54) is 12.1 Å². The Bertz CT molecular complexity index is 1330. The number of rotatable bonds is 3. The molecule has 12 heteroatoms. The Hall–Kier alpha value is -3.96. The van der Waals surface area contributed by atoms with Gasteiger partial charge in [0.15, 0.2) is 5.82 Å². The summed E-state index contributed by atoms with van der Waals surface area (Å²) in [6.07, 6.45) is -0.827. The van der Waals surface area contributed by atoms with Gasteiger partial charge in [-0.15, -0.1) is 0 Å². The fourth-order valence-electron chi connectivity index (χ4n) is 5.24. The van der Waals surface area contributed by atoms with Crippen molar-refractivity contribution in [3.63, 3.8) is 0 Å². The molecule has 0 aliphatic carbocycles. The molecule has 6 rings (SSSR count). The zero-order chi connectivity index (χ0) is 25.7. The summed E-state index contributed by atoms with van der Waals surface area (Å²) in [5, 5.41) is 2.73. The molecule has 2 saturated heterocycles. The monoisotopic (exact) mass is 513 g/mol. The molecule has 2 fully saturated rings. The van der Waals surface area contributed by atoms with Crippen LogP contribution >= 0.6 is 0 Å². The summed E-state index contributed by atoms with van der Waals surface area (Å²) in [6, 6.07) is 9.34. The van der Waals surface area contributed by atoms with Gasteiger partial charge in [0, 0.05) is 37.9 Å². The maximum atomic E-state index is 13.3. The van der Waals surface area contributed by atoms with Crippen molar-refractivity contribution in [3.05, 3.63) is 54.6 Å². The van der Waals surface area contributed by atoms with Crippen molar-refractivity contribution in [3.8, 4) is 11.3 Å². The molecule has 37 heavy (non-hydrogen) atoms. The van der Waals surface area contributed by atoms with E-state index in [2.05, 4.69) is 20.2 Å². The van der Waals surface area contributed by atoms with E-state index in [-0.39, 0.29) is 31.4 Å². The minimum absolute atomic E-state index is 0.0384. The number of nitrogens with one attached hydrogen (secondary N) is 1. The van der Waals surface area contributed by atoms with Gasteiger partial charge in [0.1, 0.15) is 17.5 Å². The van der Waals surface area contributed by atoms with Crippen LogP contribution in [0, 0.1) is 11.7 Å². The standard InChI is InChI=1S/C25H23F4N7O/c26-17-1-4-21(31-12-17)33-24(37)36-18-7-10-34(14-18)20-3-2-19(32-23(20)36)15-5-8-30-22(11-15)35-9-6-16(13-35)25(27,28)29/h1-5,8,11-12,16,18H,6-7,9-10,13-14H2,(H,31,33,37). The summed E-state index contributed by atoms with van der Waals surface area (Å²) in [6.45, 7) is 1.61. The Morgan fingerprint density at radius 3 is 2.59 bits per heavy atom. The number of anilines is 4. The molecule has 2 atom stereocenters. The van der Waals surface area contributed by atoms with Gasteiger partial charge in [0.25, 0.3) is 0 Å². The van der Waals surface area contributed by atoms with Crippen molar-refractivity contribution < 1.29 is 22.4 Å². The lowest BCUT2D eigenvalue weighted by molar-refractivity contribution is -0.168. The van der Waals surface area contributed by atoms with Gasteiger partial charge in [-0.3, -0.25) is 10.2 Å². The van der Waals surface area contributed by atoms with Crippen molar-refractivity contribution in [1.29, 1.82) is 0 Å². The molecule has 3 aromatic heterocycles. The highest BCUT2D eigenvalue weighted by Gasteiger charge is 2.44. The van der Waals surface area contributed by atoms with Crippen LogP contribution in [0.5, 0.6) is 0 Å². The Morgan fingerprint density at radius 1 is 1.00 bits per heavy atom. The molecule has 3 aromatic rings. The number of nitrogens with zero attached hydrogens (tertiary/aromatic N) is 6. The highest BCUT2D eigenvalue weighted by atomic mass is 19.4. The minimum atomic E-state index is -4.23. The van der Waals surface area contributed by atoms with E-state index in [9.17, 15) is 22.4 Å². The quantitative estimate of drug-likeness (QED) is 0.512. The average molecular weight is 513 g/mol. The number of fused-ring (bicyclic) bond motifs is 4. The molecular weight excluding hydrogens is 490 g/mol. The van der Waals surface area contributed by atoms with Crippen molar-refractivity contribution >= 4 is 29.2 Å². The predicted octanol–water partition coefficient (Wildman–Crippen LogP) is 4.70. The third kappa shape index (κ3) is 4.40. The van der Waals surface area contributed by atoms with Crippen LogP contribution in [0.15, 0.2) is 48.8 Å². The molecule has 2 amide bonds. The SMILES string of the molecule is O=C(Nc1ccc(F)cn1)N1c2nc(-c3ccnc(N4CCC(C(F)(F)F)C4)c3)ccc2N2CCC1C2. The van der Waals surface area contributed by atoms with Gasteiger partial charge >= 0.3 is 12.2 Å². The first-order valence-electron chi connectivity index (χ1n) is 12.0. The lowest BCUT2D eigenvalue weighted by Gasteiger charge is -2.35. The Morgan fingerprint density at radius 2 is 1.84 bits per heavy atom. The van der Waals surface area contributed by atoms with Crippen LogP contribution in [0.25, 0.3) is 11.3 Å². The Kier molecular flexibility index (Phi) is 5.61. The van der Waals surface area contributed by atoms with Crippen molar-refractivity contribution in [1.82, 2.24) is 15.0 Å². The average Bonchev–Trinajstić information content (AvgIpc) is 3.54. The number of carbonyl (C=O) groups is 1. The molecular formula is C25H23F4N7O. The molecule has 2 bridgehead atoms. The summed E-state index contributed by atoms with van der Waals surface area (Å²) in [5.41, 5.74) is 2.09. The van der Waals surface area contributed by atoms with Crippen molar-refractivity contribution in [2.45, 2.75) is 25.1 Å². The largest absolute Gasteiger partial charge is 0.393 e. The maximum Gasteiger partial charge on any atom is 0.393 e. The number of pyridine rings is 3. The molecule has 0 aromatic carbocycles. The number of aromatic nitrogens is 3.